The lowest BCUT2D eigenvalue weighted by molar-refractivity contribution is -0.128. The van der Waals surface area contributed by atoms with Crippen LogP contribution in [0.1, 0.15) is 33.1 Å². The van der Waals surface area contributed by atoms with Gasteiger partial charge in [-0.15, -0.1) is 0 Å². The van der Waals surface area contributed by atoms with Gasteiger partial charge in [0.25, 0.3) is 5.91 Å². The van der Waals surface area contributed by atoms with E-state index in [1.54, 1.807) is 0 Å². The van der Waals surface area contributed by atoms with Crippen LogP contribution >= 0.6 is 0 Å². The van der Waals surface area contributed by atoms with Crippen molar-refractivity contribution in [2.24, 2.45) is 0 Å². The Morgan fingerprint density at radius 3 is 2.56 bits per heavy atom. The molecule has 0 saturated heterocycles. The van der Waals surface area contributed by atoms with Gasteiger partial charge in [0.2, 0.25) is 0 Å². The summed E-state index contributed by atoms with van der Waals surface area (Å²) in [4.78, 5) is 11.8. The summed E-state index contributed by atoms with van der Waals surface area (Å²) in [5.41, 5.74) is 0. The quantitative estimate of drug-likeness (QED) is 0.759. The van der Waals surface area contributed by atoms with E-state index in [4.69, 9.17) is 4.74 Å². The fourth-order valence-corrected chi connectivity index (χ4v) is 1.50. The number of benzene rings is 1. The molecular formula is C14H20FNO2. The Morgan fingerprint density at radius 2 is 2.00 bits per heavy atom. The molecule has 1 N–H and O–H groups in total. The molecule has 0 aliphatic carbocycles. The molecule has 3 nitrogen and oxygen atoms in total. The van der Waals surface area contributed by atoms with E-state index in [9.17, 15) is 9.18 Å². The molecule has 0 radical (unpaired) electrons. The van der Waals surface area contributed by atoms with Crippen molar-refractivity contribution in [3.63, 3.8) is 0 Å². The lowest BCUT2D eigenvalue weighted by atomic mass is 10.2. The van der Waals surface area contributed by atoms with Crippen molar-refractivity contribution < 1.29 is 13.9 Å². The van der Waals surface area contributed by atoms with Gasteiger partial charge >= 0.3 is 0 Å². The molecule has 0 fully saturated rings. The Kier molecular flexibility index (Phi) is 6.19. The zero-order chi connectivity index (χ0) is 13.4. The van der Waals surface area contributed by atoms with Gasteiger partial charge in [0.15, 0.2) is 6.10 Å². The molecule has 1 atom stereocenters. The Labute approximate surface area is 107 Å². The van der Waals surface area contributed by atoms with Crippen LogP contribution in [0, 0.1) is 5.82 Å². The van der Waals surface area contributed by atoms with Crippen molar-refractivity contribution in [1.82, 2.24) is 5.32 Å². The third-order valence-corrected chi connectivity index (χ3v) is 2.58. The molecule has 0 heterocycles. The van der Waals surface area contributed by atoms with Crippen molar-refractivity contribution in [2.75, 3.05) is 6.54 Å². The highest BCUT2D eigenvalue weighted by molar-refractivity contribution is 5.81. The van der Waals surface area contributed by atoms with E-state index >= 15 is 0 Å². The number of hydrogen-bond donors (Lipinski definition) is 1. The van der Waals surface area contributed by atoms with Crippen molar-refractivity contribution in [1.29, 1.82) is 0 Å². The van der Waals surface area contributed by atoms with Gasteiger partial charge in [0, 0.05) is 6.54 Å². The van der Waals surface area contributed by atoms with Crippen LogP contribution in [-0.4, -0.2) is 18.6 Å². The van der Waals surface area contributed by atoms with Gasteiger partial charge < -0.3 is 10.1 Å². The molecular weight excluding hydrogens is 233 g/mol. The average Bonchev–Trinajstić information content (AvgIpc) is 2.38. The first-order valence-corrected chi connectivity index (χ1v) is 6.37. The van der Waals surface area contributed by atoms with Crippen LogP contribution in [0.15, 0.2) is 24.3 Å². The Balaban J connectivity index is 2.50. The van der Waals surface area contributed by atoms with Gasteiger partial charge in [-0.1, -0.05) is 20.3 Å². The van der Waals surface area contributed by atoms with Gasteiger partial charge in [-0.25, -0.2) is 4.39 Å². The zero-order valence-corrected chi connectivity index (χ0v) is 10.9. The highest BCUT2D eigenvalue weighted by Crippen LogP contribution is 2.14. The monoisotopic (exact) mass is 253 g/mol. The van der Waals surface area contributed by atoms with Crippen molar-refractivity contribution >= 4 is 5.91 Å². The fraction of sp³-hybridized carbons (Fsp3) is 0.500. The smallest absolute Gasteiger partial charge is 0.261 e. The molecule has 1 aromatic rings. The van der Waals surface area contributed by atoms with E-state index in [-0.39, 0.29) is 11.7 Å². The minimum Gasteiger partial charge on any atom is -0.481 e. The number of amides is 1. The summed E-state index contributed by atoms with van der Waals surface area (Å²) in [5.74, 6) is 0.0759. The number of ether oxygens (including phenoxy) is 1. The van der Waals surface area contributed by atoms with Crippen LogP contribution < -0.4 is 10.1 Å². The highest BCUT2D eigenvalue weighted by Gasteiger charge is 2.17. The maximum Gasteiger partial charge on any atom is 0.261 e. The molecule has 100 valence electrons. The van der Waals surface area contributed by atoms with Crippen molar-refractivity contribution in [3.05, 3.63) is 30.1 Å². The van der Waals surface area contributed by atoms with E-state index in [0.29, 0.717) is 18.7 Å². The summed E-state index contributed by atoms with van der Waals surface area (Å²) < 4.78 is 18.3. The third-order valence-electron chi connectivity index (χ3n) is 2.58. The number of halogens is 1. The maximum absolute atomic E-state index is 12.7. The van der Waals surface area contributed by atoms with Crippen molar-refractivity contribution in [3.8, 4) is 5.75 Å². The Bertz CT molecular complexity index is 365. The van der Waals surface area contributed by atoms with Crippen LogP contribution in [0.2, 0.25) is 0 Å². The molecule has 0 bridgehead atoms. The molecule has 18 heavy (non-hydrogen) atoms. The molecule has 1 amide bonds. The van der Waals surface area contributed by atoms with E-state index in [1.807, 2.05) is 6.92 Å². The summed E-state index contributed by atoms with van der Waals surface area (Å²) >= 11 is 0. The van der Waals surface area contributed by atoms with Gasteiger partial charge in [0.1, 0.15) is 11.6 Å². The minimum absolute atomic E-state index is 0.115. The first kappa shape index (κ1) is 14.5. The van der Waals surface area contributed by atoms with Crippen molar-refractivity contribution in [2.45, 2.75) is 39.2 Å². The summed E-state index contributed by atoms with van der Waals surface area (Å²) in [7, 11) is 0. The number of unbranched alkanes of at least 4 members (excludes halogenated alkanes) is 1. The Morgan fingerprint density at radius 1 is 1.33 bits per heavy atom. The molecule has 1 rings (SSSR count). The number of carbonyl (C=O) groups is 1. The summed E-state index contributed by atoms with van der Waals surface area (Å²) in [6, 6.07) is 5.68. The van der Waals surface area contributed by atoms with Crippen LogP contribution in [0.5, 0.6) is 5.75 Å². The average molecular weight is 253 g/mol. The summed E-state index contributed by atoms with van der Waals surface area (Å²) in [6.45, 7) is 4.62. The van der Waals surface area contributed by atoms with Gasteiger partial charge in [-0.05, 0) is 37.1 Å². The Hall–Kier alpha value is -1.58. The molecule has 0 saturated carbocycles. The maximum atomic E-state index is 12.7. The number of rotatable bonds is 7. The third kappa shape index (κ3) is 4.73. The highest BCUT2D eigenvalue weighted by atomic mass is 19.1. The number of hydrogen-bond acceptors (Lipinski definition) is 2. The van der Waals surface area contributed by atoms with Gasteiger partial charge in [-0.2, -0.15) is 0 Å². The summed E-state index contributed by atoms with van der Waals surface area (Å²) in [6.07, 6.45) is 2.05. The number of nitrogens with one attached hydrogen (secondary N) is 1. The molecule has 0 aliphatic rings. The second-order valence-electron chi connectivity index (χ2n) is 4.11. The normalized spacial score (nSPS) is 11.9. The second-order valence-corrected chi connectivity index (χ2v) is 4.11. The molecule has 1 aromatic carbocycles. The fourth-order valence-electron chi connectivity index (χ4n) is 1.50. The zero-order valence-electron chi connectivity index (χ0n) is 10.9. The first-order chi connectivity index (χ1) is 8.67. The SMILES string of the molecule is CCCCNC(=O)C(CC)Oc1ccc(F)cc1. The largest absolute Gasteiger partial charge is 0.481 e. The predicted octanol–water partition coefficient (Wildman–Crippen LogP) is 2.90. The van der Waals surface area contributed by atoms with Gasteiger partial charge in [-0.3, -0.25) is 4.79 Å². The topological polar surface area (TPSA) is 38.3 Å². The first-order valence-electron chi connectivity index (χ1n) is 6.37. The van der Waals surface area contributed by atoms with Crippen LogP contribution in [0.25, 0.3) is 0 Å². The minimum atomic E-state index is -0.521. The lowest BCUT2D eigenvalue weighted by Gasteiger charge is -2.17. The molecule has 0 aromatic heterocycles. The molecule has 4 heteroatoms. The van der Waals surface area contributed by atoms with Crippen LogP contribution in [-0.2, 0) is 4.79 Å². The number of carbonyl (C=O) groups excluding carboxylic acids is 1. The van der Waals surface area contributed by atoms with Crippen LogP contribution in [0.4, 0.5) is 4.39 Å². The van der Waals surface area contributed by atoms with E-state index in [1.165, 1.54) is 24.3 Å². The van der Waals surface area contributed by atoms with E-state index in [0.717, 1.165) is 12.8 Å². The second kappa shape index (κ2) is 7.69. The van der Waals surface area contributed by atoms with Crippen LogP contribution in [0.3, 0.4) is 0 Å². The standard InChI is InChI=1S/C14H20FNO2/c1-3-5-10-16-14(17)13(4-2)18-12-8-6-11(15)7-9-12/h6-9,13H,3-5,10H2,1-2H3,(H,16,17). The molecule has 0 aliphatic heterocycles. The predicted molar refractivity (Wildman–Crippen MR) is 69.0 cm³/mol. The van der Waals surface area contributed by atoms with Gasteiger partial charge in [0.05, 0.1) is 0 Å². The summed E-state index contributed by atoms with van der Waals surface area (Å²) in [5, 5.41) is 2.83. The molecule has 0 spiro atoms. The molecule has 1 unspecified atom stereocenters. The lowest BCUT2D eigenvalue weighted by Crippen LogP contribution is -2.38. The van der Waals surface area contributed by atoms with E-state index in [2.05, 4.69) is 12.2 Å². The van der Waals surface area contributed by atoms with E-state index < -0.39 is 6.10 Å².